The van der Waals surface area contributed by atoms with Crippen molar-refractivity contribution < 1.29 is 22.7 Å². The number of alkyl halides is 3. The molecule has 84 valence electrons. The van der Waals surface area contributed by atoms with Crippen LogP contribution in [0, 0.1) is 5.82 Å². The number of rotatable bonds is 3. The highest BCUT2D eigenvalue weighted by molar-refractivity contribution is 5.51. The predicted octanol–water partition coefficient (Wildman–Crippen LogP) is 2.29. The van der Waals surface area contributed by atoms with Crippen LogP contribution >= 0.6 is 0 Å². The van der Waals surface area contributed by atoms with Crippen LogP contribution in [0.15, 0.2) is 18.2 Å². The molecule has 0 aromatic heterocycles. The van der Waals surface area contributed by atoms with Crippen LogP contribution in [0.1, 0.15) is 5.56 Å². The summed E-state index contributed by atoms with van der Waals surface area (Å²) in [5, 5.41) is 10.8. The second-order valence-corrected chi connectivity index (χ2v) is 2.93. The number of anilines is 1. The van der Waals surface area contributed by atoms with E-state index in [1.807, 2.05) is 5.32 Å². The topological polar surface area (TPSA) is 32.3 Å². The second-order valence-electron chi connectivity index (χ2n) is 2.93. The van der Waals surface area contributed by atoms with Crippen molar-refractivity contribution in [2.24, 2.45) is 0 Å². The molecule has 0 heterocycles. The molecule has 1 aromatic carbocycles. The first-order chi connectivity index (χ1) is 6.92. The fourth-order valence-electron chi connectivity index (χ4n) is 1.05. The Morgan fingerprint density at radius 2 is 1.93 bits per heavy atom. The van der Waals surface area contributed by atoms with Crippen molar-refractivity contribution in [3.05, 3.63) is 29.6 Å². The van der Waals surface area contributed by atoms with Crippen molar-refractivity contribution >= 4 is 5.69 Å². The minimum atomic E-state index is -4.38. The lowest BCUT2D eigenvalue weighted by molar-refractivity contribution is -0.115. The van der Waals surface area contributed by atoms with Crippen LogP contribution in [0.2, 0.25) is 0 Å². The molecule has 0 saturated heterocycles. The Balaban J connectivity index is 2.79. The van der Waals surface area contributed by atoms with Crippen LogP contribution in [-0.4, -0.2) is 17.8 Å². The van der Waals surface area contributed by atoms with Crippen LogP contribution in [-0.2, 0) is 6.61 Å². The van der Waals surface area contributed by atoms with Gasteiger partial charge in [0.15, 0.2) is 0 Å². The zero-order chi connectivity index (χ0) is 11.5. The van der Waals surface area contributed by atoms with E-state index in [1.165, 1.54) is 6.07 Å². The van der Waals surface area contributed by atoms with E-state index in [0.717, 1.165) is 12.1 Å². The van der Waals surface area contributed by atoms with Crippen LogP contribution in [0.5, 0.6) is 0 Å². The van der Waals surface area contributed by atoms with Crippen LogP contribution in [0.25, 0.3) is 0 Å². The van der Waals surface area contributed by atoms with E-state index in [1.54, 1.807) is 0 Å². The molecule has 0 atom stereocenters. The predicted molar refractivity (Wildman–Crippen MR) is 46.9 cm³/mol. The lowest BCUT2D eigenvalue weighted by Gasteiger charge is -2.12. The third kappa shape index (κ3) is 3.75. The third-order valence-corrected chi connectivity index (χ3v) is 1.72. The summed E-state index contributed by atoms with van der Waals surface area (Å²) in [6.07, 6.45) is -4.38. The van der Waals surface area contributed by atoms with Gasteiger partial charge in [-0.1, -0.05) is 6.07 Å². The molecule has 0 amide bonds. The number of aliphatic hydroxyl groups excluding tert-OH is 1. The normalized spacial score (nSPS) is 11.5. The number of hydrogen-bond acceptors (Lipinski definition) is 2. The molecule has 0 aliphatic carbocycles. The van der Waals surface area contributed by atoms with Gasteiger partial charge in [0.2, 0.25) is 0 Å². The summed E-state index contributed by atoms with van der Waals surface area (Å²) in [4.78, 5) is 0. The molecule has 0 aliphatic rings. The number of aliphatic hydroxyl groups is 1. The Morgan fingerprint density at radius 1 is 1.27 bits per heavy atom. The lowest BCUT2D eigenvalue weighted by Crippen LogP contribution is -2.22. The van der Waals surface area contributed by atoms with Crippen molar-refractivity contribution in [1.82, 2.24) is 0 Å². The molecule has 0 saturated carbocycles. The zero-order valence-electron chi connectivity index (χ0n) is 7.61. The van der Waals surface area contributed by atoms with E-state index in [0.29, 0.717) is 0 Å². The smallest absolute Gasteiger partial charge is 0.392 e. The lowest BCUT2D eigenvalue weighted by atomic mass is 10.2. The highest BCUT2D eigenvalue weighted by Gasteiger charge is 2.26. The second kappa shape index (κ2) is 4.48. The maximum absolute atomic E-state index is 12.7. The largest absolute Gasteiger partial charge is 0.405 e. The van der Waals surface area contributed by atoms with Gasteiger partial charge in [-0.3, -0.25) is 0 Å². The van der Waals surface area contributed by atoms with E-state index in [4.69, 9.17) is 5.11 Å². The quantitative estimate of drug-likeness (QED) is 0.770. The molecular formula is C9H9F4NO. The standard InChI is InChI=1S/C9H9F4NO/c10-7-2-1-6(4-15)8(3-7)14-5-9(11,12)13/h1-3,14-15H,4-5H2. The molecule has 0 bridgehead atoms. The molecule has 1 aromatic rings. The van der Waals surface area contributed by atoms with E-state index >= 15 is 0 Å². The number of halogens is 4. The van der Waals surface area contributed by atoms with Gasteiger partial charge in [0, 0.05) is 11.3 Å². The van der Waals surface area contributed by atoms with Gasteiger partial charge >= 0.3 is 6.18 Å². The molecule has 2 N–H and O–H groups in total. The molecular weight excluding hydrogens is 214 g/mol. The molecule has 2 nitrogen and oxygen atoms in total. The molecule has 0 spiro atoms. The molecule has 0 aliphatic heterocycles. The van der Waals surface area contributed by atoms with Crippen molar-refractivity contribution in [1.29, 1.82) is 0 Å². The molecule has 15 heavy (non-hydrogen) atoms. The average Bonchev–Trinajstić information content (AvgIpc) is 2.14. The summed E-state index contributed by atoms with van der Waals surface area (Å²) in [6, 6.07) is 3.22. The minimum Gasteiger partial charge on any atom is -0.392 e. The van der Waals surface area contributed by atoms with E-state index in [9.17, 15) is 17.6 Å². The monoisotopic (exact) mass is 223 g/mol. The first-order valence-electron chi connectivity index (χ1n) is 4.12. The molecule has 0 fully saturated rings. The van der Waals surface area contributed by atoms with Crippen LogP contribution in [0.4, 0.5) is 23.2 Å². The van der Waals surface area contributed by atoms with E-state index < -0.39 is 25.1 Å². The zero-order valence-corrected chi connectivity index (χ0v) is 7.61. The van der Waals surface area contributed by atoms with E-state index in [2.05, 4.69) is 0 Å². The van der Waals surface area contributed by atoms with Crippen LogP contribution in [0.3, 0.4) is 0 Å². The van der Waals surface area contributed by atoms with Gasteiger partial charge in [0.05, 0.1) is 6.61 Å². The highest BCUT2D eigenvalue weighted by Crippen LogP contribution is 2.20. The summed E-state index contributed by atoms with van der Waals surface area (Å²) in [5.74, 6) is -0.656. The summed E-state index contributed by atoms with van der Waals surface area (Å²) in [6.45, 7) is -1.70. The molecule has 1 rings (SSSR count). The fraction of sp³-hybridized carbons (Fsp3) is 0.333. The van der Waals surface area contributed by atoms with Gasteiger partial charge in [-0.15, -0.1) is 0 Å². The Labute approximate surface area is 83.5 Å². The van der Waals surface area contributed by atoms with Gasteiger partial charge in [-0.25, -0.2) is 4.39 Å². The van der Waals surface area contributed by atoms with Crippen molar-refractivity contribution in [3.63, 3.8) is 0 Å². The number of benzene rings is 1. The Hall–Kier alpha value is -1.30. The van der Waals surface area contributed by atoms with Gasteiger partial charge in [0.25, 0.3) is 0 Å². The first kappa shape index (κ1) is 11.8. The maximum atomic E-state index is 12.7. The average molecular weight is 223 g/mol. The van der Waals surface area contributed by atoms with Crippen LogP contribution < -0.4 is 5.32 Å². The minimum absolute atomic E-state index is 0.0465. The van der Waals surface area contributed by atoms with Gasteiger partial charge in [0.1, 0.15) is 12.4 Å². The van der Waals surface area contributed by atoms with Gasteiger partial charge < -0.3 is 10.4 Å². The summed E-state index contributed by atoms with van der Waals surface area (Å²) in [5.41, 5.74) is 0.176. The maximum Gasteiger partial charge on any atom is 0.405 e. The Kier molecular flexibility index (Phi) is 3.52. The van der Waals surface area contributed by atoms with Crippen molar-refractivity contribution in [2.75, 3.05) is 11.9 Å². The SMILES string of the molecule is OCc1ccc(F)cc1NCC(F)(F)F. The third-order valence-electron chi connectivity index (χ3n) is 1.72. The molecule has 6 heteroatoms. The Bertz CT molecular complexity index is 337. The number of nitrogens with one attached hydrogen (secondary N) is 1. The first-order valence-corrected chi connectivity index (χ1v) is 4.12. The number of hydrogen-bond donors (Lipinski definition) is 2. The fourth-order valence-corrected chi connectivity index (χ4v) is 1.05. The highest BCUT2D eigenvalue weighted by atomic mass is 19.4. The summed E-state index contributed by atoms with van der Waals surface area (Å²) in [7, 11) is 0. The van der Waals surface area contributed by atoms with Crippen molar-refractivity contribution in [3.8, 4) is 0 Å². The van der Waals surface area contributed by atoms with Gasteiger partial charge in [-0.05, 0) is 12.1 Å². The molecule has 0 radical (unpaired) electrons. The Morgan fingerprint density at radius 3 is 2.47 bits per heavy atom. The summed E-state index contributed by atoms with van der Waals surface area (Å²) < 4.78 is 48.3. The van der Waals surface area contributed by atoms with Gasteiger partial charge in [-0.2, -0.15) is 13.2 Å². The summed E-state index contributed by atoms with van der Waals surface area (Å²) >= 11 is 0. The van der Waals surface area contributed by atoms with Crippen molar-refractivity contribution in [2.45, 2.75) is 12.8 Å². The van der Waals surface area contributed by atoms with E-state index in [-0.39, 0.29) is 11.3 Å². The molecule has 0 unspecified atom stereocenters.